The molecule has 0 aliphatic heterocycles. The number of aromatic nitrogens is 1. The minimum atomic E-state index is -3.38. The lowest BCUT2D eigenvalue weighted by molar-refractivity contribution is 0.492. The molecule has 0 bridgehead atoms. The minimum absolute atomic E-state index is 0.0412. The molecule has 0 radical (unpaired) electrons. The summed E-state index contributed by atoms with van der Waals surface area (Å²) in [5.74, 6) is 0.493. The first-order chi connectivity index (χ1) is 8.96. The summed E-state index contributed by atoms with van der Waals surface area (Å²) in [5.41, 5.74) is 2.55. The van der Waals surface area contributed by atoms with Gasteiger partial charge in [0, 0.05) is 0 Å². The Hall–Kier alpha value is -1.66. The van der Waals surface area contributed by atoms with Crippen LogP contribution in [0.15, 0.2) is 35.1 Å². The number of hydrogen-bond donors (Lipinski definition) is 1. The zero-order valence-corrected chi connectivity index (χ0v) is 11.7. The third-order valence-corrected chi connectivity index (χ3v) is 4.07. The van der Waals surface area contributed by atoms with Crippen LogP contribution in [0.2, 0.25) is 0 Å². The number of hydrogen-bond acceptors (Lipinski definition) is 4. The molecule has 0 saturated heterocycles. The van der Waals surface area contributed by atoms with E-state index >= 15 is 0 Å². The molecule has 0 fully saturated rings. The fourth-order valence-corrected chi connectivity index (χ4v) is 2.71. The first-order valence-corrected chi connectivity index (χ1v) is 7.53. The zero-order valence-electron chi connectivity index (χ0n) is 10.9. The molecule has 0 unspecified atom stereocenters. The molecule has 1 N–H and O–H groups in total. The van der Waals surface area contributed by atoms with Crippen molar-refractivity contribution in [1.82, 2.24) is 9.71 Å². The Morgan fingerprint density at radius 1 is 1.21 bits per heavy atom. The van der Waals surface area contributed by atoms with Crippen molar-refractivity contribution in [2.45, 2.75) is 26.1 Å². The summed E-state index contributed by atoms with van der Waals surface area (Å²) in [6.45, 7) is 3.86. The van der Waals surface area contributed by atoms with Crippen LogP contribution in [0.1, 0.15) is 22.6 Å². The standard InChI is InChI=1S/C13H16N2O3S/c1-10-3-5-12(6-4-10)8-19(16,17)15-7-13-11(2)14-9-18-13/h3-6,9,15H,7-8H2,1-2H3. The molecule has 2 rings (SSSR count). The van der Waals surface area contributed by atoms with Crippen molar-refractivity contribution in [3.05, 3.63) is 53.2 Å². The van der Waals surface area contributed by atoms with Gasteiger partial charge in [-0.25, -0.2) is 18.1 Å². The smallest absolute Gasteiger partial charge is 0.216 e. The van der Waals surface area contributed by atoms with Gasteiger partial charge in [-0.15, -0.1) is 0 Å². The number of aryl methyl sites for hydroxylation is 2. The van der Waals surface area contributed by atoms with Gasteiger partial charge in [-0.2, -0.15) is 0 Å². The molecule has 0 amide bonds. The maximum absolute atomic E-state index is 11.9. The van der Waals surface area contributed by atoms with Crippen LogP contribution >= 0.6 is 0 Å². The maximum atomic E-state index is 11.9. The predicted octanol–water partition coefficient (Wildman–Crippen LogP) is 1.91. The Bertz CT molecular complexity index is 645. The normalized spacial score (nSPS) is 11.7. The summed E-state index contributed by atoms with van der Waals surface area (Å²) in [5, 5.41) is 0. The van der Waals surface area contributed by atoms with Crippen molar-refractivity contribution in [2.75, 3.05) is 0 Å². The van der Waals surface area contributed by atoms with Crippen molar-refractivity contribution in [2.24, 2.45) is 0 Å². The van der Waals surface area contributed by atoms with Crippen molar-refractivity contribution in [1.29, 1.82) is 0 Å². The highest BCUT2D eigenvalue weighted by molar-refractivity contribution is 7.88. The van der Waals surface area contributed by atoms with Gasteiger partial charge in [0.1, 0.15) is 5.76 Å². The van der Waals surface area contributed by atoms with Gasteiger partial charge in [-0.1, -0.05) is 29.8 Å². The Balaban J connectivity index is 1.99. The Morgan fingerprint density at radius 2 is 1.89 bits per heavy atom. The summed E-state index contributed by atoms with van der Waals surface area (Å²) >= 11 is 0. The fourth-order valence-electron chi connectivity index (χ4n) is 1.63. The summed E-state index contributed by atoms with van der Waals surface area (Å²) in [4.78, 5) is 3.91. The van der Waals surface area contributed by atoms with E-state index in [1.54, 1.807) is 6.92 Å². The number of rotatable bonds is 5. The highest BCUT2D eigenvalue weighted by atomic mass is 32.2. The van der Waals surface area contributed by atoms with Gasteiger partial charge < -0.3 is 4.42 Å². The van der Waals surface area contributed by atoms with Crippen molar-refractivity contribution >= 4 is 10.0 Å². The second kappa shape index (κ2) is 5.54. The fraction of sp³-hybridized carbons (Fsp3) is 0.308. The number of benzene rings is 1. The summed E-state index contributed by atoms with van der Waals surface area (Å²) in [6.07, 6.45) is 1.30. The van der Waals surface area contributed by atoms with Crippen LogP contribution in [0.4, 0.5) is 0 Å². The highest BCUT2D eigenvalue weighted by Crippen LogP contribution is 2.09. The number of sulfonamides is 1. The molecule has 0 saturated carbocycles. The molecule has 5 nitrogen and oxygen atoms in total. The molecular weight excluding hydrogens is 264 g/mol. The van der Waals surface area contributed by atoms with Gasteiger partial charge in [-0.05, 0) is 19.4 Å². The Labute approximate surface area is 112 Å². The van der Waals surface area contributed by atoms with Crippen LogP contribution in [0, 0.1) is 13.8 Å². The van der Waals surface area contributed by atoms with Crippen molar-refractivity contribution < 1.29 is 12.8 Å². The Morgan fingerprint density at radius 3 is 2.47 bits per heavy atom. The lowest BCUT2D eigenvalue weighted by atomic mass is 10.2. The van der Waals surface area contributed by atoms with E-state index in [0.717, 1.165) is 11.1 Å². The van der Waals surface area contributed by atoms with Crippen LogP contribution < -0.4 is 4.72 Å². The molecule has 19 heavy (non-hydrogen) atoms. The maximum Gasteiger partial charge on any atom is 0.216 e. The molecule has 2 aromatic rings. The number of nitrogens with zero attached hydrogens (tertiary/aromatic N) is 1. The van der Waals surface area contributed by atoms with Crippen molar-refractivity contribution in [3.63, 3.8) is 0 Å². The largest absolute Gasteiger partial charge is 0.447 e. The van der Waals surface area contributed by atoms with Crippen LogP contribution in [0.5, 0.6) is 0 Å². The zero-order chi connectivity index (χ0) is 13.9. The van der Waals surface area contributed by atoms with Crippen LogP contribution in [-0.2, 0) is 22.3 Å². The topological polar surface area (TPSA) is 72.2 Å². The first kappa shape index (κ1) is 13.8. The van der Waals surface area contributed by atoms with Gasteiger partial charge in [0.25, 0.3) is 0 Å². The van der Waals surface area contributed by atoms with E-state index in [9.17, 15) is 8.42 Å². The first-order valence-electron chi connectivity index (χ1n) is 5.88. The molecular formula is C13H16N2O3S. The van der Waals surface area contributed by atoms with E-state index < -0.39 is 10.0 Å². The molecule has 0 aliphatic rings. The SMILES string of the molecule is Cc1ccc(CS(=O)(=O)NCc2ocnc2C)cc1. The van der Waals surface area contributed by atoms with Gasteiger partial charge in [0.2, 0.25) is 10.0 Å². The van der Waals surface area contributed by atoms with E-state index in [-0.39, 0.29) is 12.3 Å². The summed E-state index contributed by atoms with van der Waals surface area (Å²) in [7, 11) is -3.38. The second-order valence-corrected chi connectivity index (χ2v) is 6.23. The van der Waals surface area contributed by atoms with Gasteiger partial charge in [0.05, 0.1) is 18.0 Å². The van der Waals surface area contributed by atoms with Crippen LogP contribution in [0.25, 0.3) is 0 Å². The molecule has 1 aromatic heterocycles. The lowest BCUT2D eigenvalue weighted by Gasteiger charge is -2.06. The molecule has 6 heteroatoms. The quantitative estimate of drug-likeness (QED) is 0.908. The summed E-state index contributed by atoms with van der Waals surface area (Å²) in [6, 6.07) is 7.42. The monoisotopic (exact) mass is 280 g/mol. The second-order valence-electron chi connectivity index (χ2n) is 4.43. The average molecular weight is 280 g/mol. The van der Waals surface area contributed by atoms with Gasteiger partial charge in [0.15, 0.2) is 6.39 Å². The molecule has 102 valence electrons. The third kappa shape index (κ3) is 3.90. The molecule has 0 aliphatic carbocycles. The third-order valence-electron chi connectivity index (χ3n) is 2.77. The molecule has 0 spiro atoms. The van der Waals surface area contributed by atoms with E-state index in [0.29, 0.717) is 11.5 Å². The predicted molar refractivity (Wildman–Crippen MR) is 71.9 cm³/mol. The van der Waals surface area contributed by atoms with E-state index in [2.05, 4.69) is 9.71 Å². The lowest BCUT2D eigenvalue weighted by Crippen LogP contribution is -2.24. The average Bonchev–Trinajstić information content (AvgIpc) is 2.75. The molecule has 1 heterocycles. The van der Waals surface area contributed by atoms with Gasteiger partial charge in [-0.3, -0.25) is 0 Å². The summed E-state index contributed by atoms with van der Waals surface area (Å²) < 4.78 is 31.4. The van der Waals surface area contributed by atoms with E-state index in [1.165, 1.54) is 6.39 Å². The van der Waals surface area contributed by atoms with Crippen LogP contribution in [-0.4, -0.2) is 13.4 Å². The number of nitrogens with one attached hydrogen (secondary N) is 1. The molecule has 1 aromatic carbocycles. The van der Waals surface area contributed by atoms with Gasteiger partial charge >= 0.3 is 0 Å². The van der Waals surface area contributed by atoms with E-state index in [4.69, 9.17) is 4.42 Å². The Kier molecular flexibility index (Phi) is 4.01. The number of oxazole rings is 1. The van der Waals surface area contributed by atoms with Crippen LogP contribution in [0.3, 0.4) is 0 Å². The molecule has 0 atom stereocenters. The van der Waals surface area contributed by atoms with Crippen molar-refractivity contribution in [3.8, 4) is 0 Å². The van der Waals surface area contributed by atoms with E-state index in [1.807, 2.05) is 31.2 Å². The highest BCUT2D eigenvalue weighted by Gasteiger charge is 2.13. The minimum Gasteiger partial charge on any atom is -0.447 e.